The summed E-state index contributed by atoms with van der Waals surface area (Å²) in [6, 6.07) is 6.22. The maximum absolute atomic E-state index is 5.66. The summed E-state index contributed by atoms with van der Waals surface area (Å²) in [5, 5.41) is 0. The Morgan fingerprint density at radius 3 is 2.69 bits per heavy atom. The Bertz CT molecular complexity index is 339. The molecule has 16 heavy (non-hydrogen) atoms. The summed E-state index contributed by atoms with van der Waals surface area (Å²) in [4.78, 5) is 0. The molecule has 1 aromatic carbocycles. The number of benzene rings is 1. The zero-order valence-electron chi connectivity index (χ0n) is 9.38. The highest BCUT2D eigenvalue weighted by atomic mass is 35.5. The van der Waals surface area contributed by atoms with Gasteiger partial charge in [-0.1, -0.05) is 6.07 Å². The van der Waals surface area contributed by atoms with Crippen molar-refractivity contribution in [3.05, 3.63) is 23.8 Å². The van der Waals surface area contributed by atoms with E-state index in [1.54, 1.807) is 0 Å². The molecule has 0 aromatic heterocycles. The van der Waals surface area contributed by atoms with E-state index >= 15 is 0 Å². The third-order valence-electron chi connectivity index (χ3n) is 2.66. The van der Waals surface area contributed by atoms with E-state index in [1.165, 1.54) is 5.56 Å². The predicted octanol–water partition coefficient (Wildman–Crippen LogP) is 3.41. The number of alkyl halides is 1. The van der Waals surface area contributed by atoms with Crippen molar-refractivity contribution in [2.45, 2.75) is 25.7 Å². The van der Waals surface area contributed by atoms with Crippen LogP contribution in [0, 0.1) is 0 Å². The van der Waals surface area contributed by atoms with Crippen LogP contribution in [0.2, 0.25) is 0 Å². The lowest BCUT2D eigenvalue weighted by atomic mass is 10.1. The molecule has 1 heterocycles. The van der Waals surface area contributed by atoms with Crippen LogP contribution in [-0.4, -0.2) is 19.1 Å². The molecule has 1 aliphatic heterocycles. The number of halogens is 1. The number of unbranched alkanes of at least 4 members (excludes halogenated alkanes) is 1. The molecule has 0 saturated heterocycles. The smallest absolute Gasteiger partial charge is 0.161 e. The lowest BCUT2D eigenvalue weighted by Crippen LogP contribution is -1.97. The van der Waals surface area contributed by atoms with Gasteiger partial charge in [0.25, 0.3) is 0 Å². The van der Waals surface area contributed by atoms with Crippen molar-refractivity contribution < 1.29 is 9.47 Å². The molecule has 0 radical (unpaired) electrons. The standard InChI is InChI=1S/C13H17ClO2/c14-7-2-1-4-11-5-6-12-13(10-11)16-9-3-8-15-12/h5-6,10H,1-4,7-9H2. The molecule has 0 spiro atoms. The lowest BCUT2D eigenvalue weighted by molar-refractivity contribution is 0.297. The van der Waals surface area contributed by atoms with E-state index in [0.717, 1.165) is 56.3 Å². The van der Waals surface area contributed by atoms with Gasteiger partial charge in [-0.3, -0.25) is 0 Å². The molecule has 0 fully saturated rings. The van der Waals surface area contributed by atoms with Gasteiger partial charge >= 0.3 is 0 Å². The minimum absolute atomic E-state index is 0.741. The number of hydrogen-bond donors (Lipinski definition) is 0. The predicted molar refractivity (Wildman–Crippen MR) is 65.7 cm³/mol. The van der Waals surface area contributed by atoms with Gasteiger partial charge in [0.1, 0.15) is 0 Å². The summed E-state index contributed by atoms with van der Waals surface area (Å²) >= 11 is 5.66. The van der Waals surface area contributed by atoms with E-state index in [4.69, 9.17) is 21.1 Å². The van der Waals surface area contributed by atoms with Crippen LogP contribution < -0.4 is 9.47 Å². The third kappa shape index (κ3) is 3.05. The van der Waals surface area contributed by atoms with Gasteiger partial charge in [-0.15, -0.1) is 11.6 Å². The van der Waals surface area contributed by atoms with Crippen molar-refractivity contribution in [1.29, 1.82) is 0 Å². The first kappa shape index (κ1) is 11.6. The normalized spacial score (nSPS) is 14.6. The fourth-order valence-electron chi connectivity index (χ4n) is 1.79. The zero-order valence-corrected chi connectivity index (χ0v) is 10.1. The van der Waals surface area contributed by atoms with Gasteiger partial charge in [0.2, 0.25) is 0 Å². The quantitative estimate of drug-likeness (QED) is 0.593. The van der Waals surface area contributed by atoms with E-state index in [1.807, 2.05) is 6.07 Å². The van der Waals surface area contributed by atoms with Crippen molar-refractivity contribution in [2.24, 2.45) is 0 Å². The maximum atomic E-state index is 5.66. The highest BCUT2D eigenvalue weighted by molar-refractivity contribution is 6.17. The van der Waals surface area contributed by atoms with E-state index in [-0.39, 0.29) is 0 Å². The number of ether oxygens (including phenoxy) is 2. The Kier molecular flexibility index (Phi) is 4.34. The molecule has 0 unspecified atom stereocenters. The monoisotopic (exact) mass is 240 g/mol. The van der Waals surface area contributed by atoms with E-state index in [9.17, 15) is 0 Å². The largest absolute Gasteiger partial charge is 0.490 e. The van der Waals surface area contributed by atoms with Crippen LogP contribution in [0.1, 0.15) is 24.8 Å². The Morgan fingerprint density at radius 1 is 1.06 bits per heavy atom. The Hall–Kier alpha value is -0.890. The second-order valence-corrected chi connectivity index (χ2v) is 4.36. The van der Waals surface area contributed by atoms with Crippen LogP contribution in [-0.2, 0) is 6.42 Å². The summed E-state index contributed by atoms with van der Waals surface area (Å²) in [7, 11) is 0. The molecule has 1 aromatic rings. The van der Waals surface area contributed by atoms with Gasteiger partial charge in [0, 0.05) is 12.3 Å². The molecule has 2 nitrogen and oxygen atoms in total. The fraction of sp³-hybridized carbons (Fsp3) is 0.538. The molecule has 0 atom stereocenters. The molecule has 0 bridgehead atoms. The minimum Gasteiger partial charge on any atom is -0.490 e. The number of hydrogen-bond acceptors (Lipinski definition) is 2. The third-order valence-corrected chi connectivity index (χ3v) is 2.93. The minimum atomic E-state index is 0.741. The SMILES string of the molecule is ClCCCCc1ccc2c(c1)OCCCO2. The summed E-state index contributed by atoms with van der Waals surface area (Å²) in [5.41, 5.74) is 1.30. The Morgan fingerprint density at radius 2 is 1.88 bits per heavy atom. The summed E-state index contributed by atoms with van der Waals surface area (Å²) in [6.07, 6.45) is 4.21. The second kappa shape index (κ2) is 6.00. The van der Waals surface area contributed by atoms with Crippen LogP contribution in [0.15, 0.2) is 18.2 Å². The van der Waals surface area contributed by atoms with Crippen LogP contribution in [0.5, 0.6) is 11.5 Å². The molecule has 2 rings (SSSR count). The number of aryl methyl sites for hydroxylation is 1. The molecule has 0 amide bonds. The first-order valence-electron chi connectivity index (χ1n) is 5.84. The van der Waals surface area contributed by atoms with E-state index < -0.39 is 0 Å². The molecule has 1 aliphatic rings. The fourth-order valence-corrected chi connectivity index (χ4v) is 1.98. The highest BCUT2D eigenvalue weighted by Gasteiger charge is 2.10. The average molecular weight is 241 g/mol. The van der Waals surface area contributed by atoms with Crippen molar-refractivity contribution in [3.63, 3.8) is 0 Å². The molecule has 0 saturated carbocycles. The molecule has 3 heteroatoms. The van der Waals surface area contributed by atoms with E-state index in [0.29, 0.717) is 0 Å². The Balaban J connectivity index is 2.02. The molecular formula is C13H17ClO2. The lowest BCUT2D eigenvalue weighted by Gasteiger charge is -2.09. The molecule has 0 aliphatic carbocycles. The highest BCUT2D eigenvalue weighted by Crippen LogP contribution is 2.30. The van der Waals surface area contributed by atoms with Crippen molar-refractivity contribution in [1.82, 2.24) is 0 Å². The van der Waals surface area contributed by atoms with Gasteiger partial charge in [-0.25, -0.2) is 0 Å². The average Bonchev–Trinajstić information content (AvgIpc) is 2.54. The van der Waals surface area contributed by atoms with Crippen LogP contribution >= 0.6 is 11.6 Å². The van der Waals surface area contributed by atoms with Gasteiger partial charge in [-0.2, -0.15) is 0 Å². The van der Waals surface area contributed by atoms with E-state index in [2.05, 4.69) is 12.1 Å². The van der Waals surface area contributed by atoms with Gasteiger partial charge in [0.15, 0.2) is 11.5 Å². The van der Waals surface area contributed by atoms with Crippen LogP contribution in [0.4, 0.5) is 0 Å². The van der Waals surface area contributed by atoms with Crippen LogP contribution in [0.25, 0.3) is 0 Å². The van der Waals surface area contributed by atoms with Crippen molar-refractivity contribution in [2.75, 3.05) is 19.1 Å². The molecule has 0 N–H and O–H groups in total. The van der Waals surface area contributed by atoms with Crippen molar-refractivity contribution >= 4 is 11.6 Å². The second-order valence-electron chi connectivity index (χ2n) is 3.98. The molecular weight excluding hydrogens is 224 g/mol. The van der Waals surface area contributed by atoms with Crippen LogP contribution in [0.3, 0.4) is 0 Å². The first-order valence-corrected chi connectivity index (χ1v) is 6.38. The number of rotatable bonds is 4. The number of fused-ring (bicyclic) bond motifs is 1. The zero-order chi connectivity index (χ0) is 11.2. The van der Waals surface area contributed by atoms with Gasteiger partial charge in [-0.05, 0) is 37.0 Å². The summed E-state index contributed by atoms with van der Waals surface area (Å²) in [6.45, 7) is 1.50. The maximum Gasteiger partial charge on any atom is 0.161 e. The topological polar surface area (TPSA) is 18.5 Å². The van der Waals surface area contributed by atoms with Crippen molar-refractivity contribution in [3.8, 4) is 11.5 Å². The first-order chi connectivity index (χ1) is 7.90. The van der Waals surface area contributed by atoms with Gasteiger partial charge in [0.05, 0.1) is 13.2 Å². The summed E-state index contributed by atoms with van der Waals surface area (Å²) in [5.74, 6) is 2.50. The summed E-state index contributed by atoms with van der Waals surface area (Å²) < 4.78 is 11.2. The van der Waals surface area contributed by atoms with Gasteiger partial charge < -0.3 is 9.47 Å². The molecule has 88 valence electrons. The Labute approximate surface area is 102 Å².